The van der Waals surface area contributed by atoms with Gasteiger partial charge in [0.2, 0.25) is 0 Å². The number of fused-ring (bicyclic) bond motifs is 5. The Morgan fingerprint density at radius 3 is 2.41 bits per heavy atom. The third-order valence-electron chi connectivity index (χ3n) is 11.7. The predicted octanol–water partition coefficient (Wildman–Crippen LogP) is 4.95. The molecule has 0 amide bonds. The molecule has 6 nitrogen and oxygen atoms in total. The lowest BCUT2D eigenvalue weighted by atomic mass is 9.43. The lowest BCUT2D eigenvalue weighted by Crippen LogP contribution is -2.56. The molecule has 5 fully saturated rings. The quantitative estimate of drug-likeness (QED) is 0.638. The van der Waals surface area contributed by atoms with Gasteiger partial charge in [-0.25, -0.2) is 4.79 Å². The molecule has 5 saturated carbocycles. The fourth-order valence-electron chi connectivity index (χ4n) is 9.62. The molecule has 0 radical (unpaired) electrons. The van der Waals surface area contributed by atoms with E-state index >= 15 is 0 Å². The number of hydrogen-bond acceptors (Lipinski definition) is 4. The van der Waals surface area contributed by atoms with Crippen LogP contribution >= 0.6 is 0 Å². The van der Waals surface area contributed by atoms with Crippen LogP contribution < -0.4 is 0 Å². The van der Waals surface area contributed by atoms with E-state index in [0.717, 1.165) is 38.0 Å². The van der Waals surface area contributed by atoms with E-state index < -0.39 is 11.6 Å². The zero-order chi connectivity index (χ0) is 23.9. The molecule has 5 aliphatic carbocycles. The molecule has 1 aromatic rings. The molecule has 6 rings (SSSR count). The van der Waals surface area contributed by atoms with Gasteiger partial charge in [-0.15, -0.1) is 0 Å². The van der Waals surface area contributed by atoms with E-state index in [4.69, 9.17) is 5.11 Å². The summed E-state index contributed by atoms with van der Waals surface area (Å²) in [5.41, 5.74) is 0.136. The second-order valence-electron chi connectivity index (χ2n) is 13.1. The van der Waals surface area contributed by atoms with Gasteiger partial charge in [0.25, 0.3) is 0 Å². The van der Waals surface area contributed by atoms with E-state index in [1.165, 1.54) is 55.6 Å². The average molecular weight is 469 g/mol. The summed E-state index contributed by atoms with van der Waals surface area (Å²) in [5, 5.41) is 24.6. The molecule has 0 unspecified atom stereocenters. The van der Waals surface area contributed by atoms with E-state index in [9.17, 15) is 14.7 Å². The van der Waals surface area contributed by atoms with Gasteiger partial charge < -0.3 is 10.2 Å². The lowest BCUT2D eigenvalue weighted by molar-refractivity contribution is -0.158. The third-order valence-corrected chi connectivity index (χ3v) is 11.7. The maximum Gasteiger partial charge on any atom is 0.338 e. The average Bonchev–Trinajstić information content (AvgIpc) is 3.45. The minimum absolute atomic E-state index is 0.0489. The lowest BCUT2D eigenvalue weighted by Gasteiger charge is -2.62. The van der Waals surface area contributed by atoms with Crippen LogP contribution in [0.15, 0.2) is 12.4 Å². The Labute approximate surface area is 202 Å². The standard InChI is InChI=1S/C28H40N2O4/c1-26-11-12-28(34,18-3-4-18)13-19(26)5-6-20-21-7-8-23(27(21,2)10-9-22(20)26)24(31)16-30-15-17(14-29-30)25(32)33/h14-15,18-23,34H,3-13,16H2,1-2H3,(H,32,33)/t19-,20-,21-,22-,23+,26-,27-,28+/m0/s1. The third kappa shape index (κ3) is 3.34. The van der Waals surface area contributed by atoms with Crippen LogP contribution in [0.1, 0.15) is 94.8 Å². The summed E-state index contributed by atoms with van der Waals surface area (Å²) in [6, 6.07) is 0. The van der Waals surface area contributed by atoms with Crippen LogP contribution in [0.2, 0.25) is 0 Å². The van der Waals surface area contributed by atoms with Gasteiger partial charge in [-0.3, -0.25) is 9.48 Å². The highest BCUT2D eigenvalue weighted by molar-refractivity contribution is 5.87. The van der Waals surface area contributed by atoms with E-state index in [1.807, 2.05) is 0 Å². The monoisotopic (exact) mass is 468 g/mol. The zero-order valence-electron chi connectivity index (χ0n) is 20.7. The van der Waals surface area contributed by atoms with Crippen LogP contribution in [-0.4, -0.2) is 37.3 Å². The van der Waals surface area contributed by atoms with Crippen LogP contribution in [0, 0.1) is 46.3 Å². The number of ketones is 1. The Hall–Kier alpha value is -1.69. The molecule has 5 aliphatic rings. The highest BCUT2D eigenvalue weighted by atomic mass is 16.4. The summed E-state index contributed by atoms with van der Waals surface area (Å²) in [7, 11) is 0. The molecule has 6 heteroatoms. The molecule has 1 heterocycles. The van der Waals surface area contributed by atoms with Crippen molar-refractivity contribution in [2.24, 2.45) is 46.3 Å². The number of Topliss-reactive ketones (excluding diaryl/α,β-unsaturated/α-hetero) is 1. The highest BCUT2D eigenvalue weighted by Gasteiger charge is 2.63. The van der Waals surface area contributed by atoms with Crippen molar-refractivity contribution in [1.29, 1.82) is 0 Å². The number of carboxylic acids is 1. The molecule has 0 bridgehead atoms. The van der Waals surface area contributed by atoms with Crippen LogP contribution in [0.25, 0.3) is 0 Å². The molecule has 0 spiro atoms. The number of carbonyl (C=O) groups is 2. The van der Waals surface area contributed by atoms with Crippen molar-refractivity contribution >= 4 is 11.8 Å². The maximum atomic E-state index is 13.4. The van der Waals surface area contributed by atoms with Crippen molar-refractivity contribution in [3.05, 3.63) is 18.0 Å². The molecule has 186 valence electrons. The zero-order valence-corrected chi connectivity index (χ0v) is 20.7. The fraction of sp³-hybridized carbons (Fsp3) is 0.821. The summed E-state index contributed by atoms with van der Waals surface area (Å²) in [5.74, 6) is 2.51. The van der Waals surface area contributed by atoms with Crippen molar-refractivity contribution < 1.29 is 19.8 Å². The maximum absolute atomic E-state index is 13.4. The van der Waals surface area contributed by atoms with E-state index in [1.54, 1.807) is 0 Å². The van der Waals surface area contributed by atoms with E-state index in [0.29, 0.717) is 29.1 Å². The van der Waals surface area contributed by atoms with Gasteiger partial charge in [-0.1, -0.05) is 13.8 Å². The highest BCUT2D eigenvalue weighted by Crippen LogP contribution is 2.69. The summed E-state index contributed by atoms with van der Waals surface area (Å²) in [6.45, 7) is 5.09. The van der Waals surface area contributed by atoms with Gasteiger partial charge >= 0.3 is 5.97 Å². The first-order valence-corrected chi connectivity index (χ1v) is 13.6. The number of aliphatic hydroxyl groups is 1. The Balaban J connectivity index is 1.18. The molecule has 0 aliphatic heterocycles. The Bertz CT molecular complexity index is 1000. The summed E-state index contributed by atoms with van der Waals surface area (Å²) in [6.07, 6.45) is 15.3. The summed E-state index contributed by atoms with van der Waals surface area (Å²) >= 11 is 0. The second-order valence-corrected chi connectivity index (χ2v) is 13.1. The van der Waals surface area contributed by atoms with E-state index in [2.05, 4.69) is 18.9 Å². The van der Waals surface area contributed by atoms with Crippen LogP contribution in [0.4, 0.5) is 0 Å². The van der Waals surface area contributed by atoms with Gasteiger partial charge in [0.1, 0.15) is 0 Å². The topological polar surface area (TPSA) is 92.4 Å². The van der Waals surface area contributed by atoms with E-state index in [-0.39, 0.29) is 29.2 Å². The van der Waals surface area contributed by atoms with Crippen molar-refractivity contribution in [1.82, 2.24) is 9.78 Å². The number of aromatic carboxylic acids is 1. The van der Waals surface area contributed by atoms with Crippen LogP contribution in [-0.2, 0) is 11.3 Å². The van der Waals surface area contributed by atoms with Crippen molar-refractivity contribution in [3.63, 3.8) is 0 Å². The molecular weight excluding hydrogens is 428 g/mol. The minimum atomic E-state index is -1.01. The molecule has 1 aromatic heterocycles. The van der Waals surface area contributed by atoms with Gasteiger partial charge in [0.05, 0.1) is 23.9 Å². The van der Waals surface area contributed by atoms with Gasteiger partial charge in [-0.05, 0) is 111 Å². The van der Waals surface area contributed by atoms with Crippen molar-refractivity contribution in [2.75, 3.05) is 0 Å². The van der Waals surface area contributed by atoms with Gasteiger partial charge in [-0.2, -0.15) is 5.10 Å². The van der Waals surface area contributed by atoms with Crippen molar-refractivity contribution in [2.45, 2.75) is 96.6 Å². The Kier molecular flexibility index (Phi) is 5.12. The Morgan fingerprint density at radius 2 is 1.71 bits per heavy atom. The number of rotatable bonds is 5. The second kappa shape index (κ2) is 7.65. The fourth-order valence-corrected chi connectivity index (χ4v) is 9.62. The molecule has 8 atom stereocenters. The normalized spacial score (nSPS) is 45.8. The van der Waals surface area contributed by atoms with Crippen molar-refractivity contribution in [3.8, 4) is 0 Å². The number of aromatic nitrogens is 2. The molecular formula is C28H40N2O4. The first-order chi connectivity index (χ1) is 16.1. The minimum Gasteiger partial charge on any atom is -0.478 e. The molecule has 0 aromatic carbocycles. The Morgan fingerprint density at radius 1 is 0.971 bits per heavy atom. The number of carboxylic acid groups (broad SMARTS) is 1. The summed E-state index contributed by atoms with van der Waals surface area (Å²) < 4.78 is 1.50. The van der Waals surface area contributed by atoms with Gasteiger partial charge in [0, 0.05) is 12.1 Å². The number of carbonyl (C=O) groups excluding carboxylic acids is 1. The first kappa shape index (κ1) is 22.8. The van der Waals surface area contributed by atoms with Gasteiger partial charge in [0.15, 0.2) is 5.78 Å². The smallest absolute Gasteiger partial charge is 0.338 e. The summed E-state index contributed by atoms with van der Waals surface area (Å²) in [4.78, 5) is 24.6. The molecule has 2 N–H and O–H groups in total. The van der Waals surface area contributed by atoms with Crippen LogP contribution in [0.5, 0.6) is 0 Å². The van der Waals surface area contributed by atoms with Crippen LogP contribution in [0.3, 0.4) is 0 Å². The molecule has 0 saturated heterocycles. The number of hydrogen-bond donors (Lipinski definition) is 2. The number of nitrogens with zero attached hydrogens (tertiary/aromatic N) is 2. The predicted molar refractivity (Wildman–Crippen MR) is 127 cm³/mol. The first-order valence-electron chi connectivity index (χ1n) is 13.6. The SMILES string of the molecule is C[C@]12CC[C@](O)(C3CC3)C[C@@H]1CC[C@@H]1[C@@H]2CC[C@]2(C)[C@@H](C(=O)Cn3cc(C(=O)O)cn3)CC[C@@H]12. The largest absolute Gasteiger partial charge is 0.478 e. The molecule has 34 heavy (non-hydrogen) atoms.